The van der Waals surface area contributed by atoms with Crippen molar-refractivity contribution in [2.45, 2.75) is 40.0 Å². The number of benzene rings is 1. The Kier molecular flexibility index (Phi) is 8.83. The normalized spacial score (nSPS) is 22.1. The molecule has 2 aliphatic rings. The molecule has 0 saturated carbocycles. The number of methoxy groups -OCH3 is 1. The van der Waals surface area contributed by atoms with Crippen LogP contribution in [0.25, 0.3) is 0 Å². The average Bonchev–Trinajstić information content (AvgIpc) is 2.81. The maximum absolute atomic E-state index is 13.7. The molecule has 184 valence electrons. The highest BCUT2D eigenvalue weighted by Crippen LogP contribution is 2.46. The Bertz CT molecular complexity index is 1010. The third kappa shape index (κ3) is 5.32. The van der Waals surface area contributed by atoms with Crippen LogP contribution in [0.4, 0.5) is 0 Å². The number of nitrogens with one attached hydrogen (secondary N) is 1. The van der Waals surface area contributed by atoms with Gasteiger partial charge >= 0.3 is 11.9 Å². The first-order valence-corrected chi connectivity index (χ1v) is 12.8. The van der Waals surface area contributed by atoms with Gasteiger partial charge in [0.15, 0.2) is 5.78 Å². The Labute approximate surface area is 205 Å². The van der Waals surface area contributed by atoms with Crippen LogP contribution in [0.15, 0.2) is 46.8 Å². The summed E-state index contributed by atoms with van der Waals surface area (Å²) in [5.74, 6) is -0.888. The summed E-state index contributed by atoms with van der Waals surface area (Å²) in [6.07, 6.45) is 0.495. The number of thioether (sulfide) groups is 1. The molecule has 0 bridgehead atoms. The second-order valence-corrected chi connectivity index (χ2v) is 9.77. The average molecular weight is 488 g/mol. The lowest BCUT2D eigenvalue weighted by molar-refractivity contribution is -0.151. The first-order valence-electron chi connectivity index (χ1n) is 11.6. The van der Waals surface area contributed by atoms with E-state index in [2.05, 4.69) is 5.32 Å². The number of esters is 2. The van der Waals surface area contributed by atoms with Gasteiger partial charge < -0.3 is 19.5 Å². The first-order chi connectivity index (χ1) is 16.3. The SMILES string of the molecule is CCOc1cccc([C@@H]2C(C(=O)OCCSCC)=C(C)NC3=C2C(=O)[C@@H](C(=O)OC)[C@@H](C)C3)c1. The van der Waals surface area contributed by atoms with Crippen LogP contribution in [0, 0.1) is 11.8 Å². The van der Waals surface area contributed by atoms with Gasteiger partial charge in [0.25, 0.3) is 0 Å². The van der Waals surface area contributed by atoms with Crippen molar-refractivity contribution in [1.29, 1.82) is 0 Å². The molecular weight excluding hydrogens is 454 g/mol. The van der Waals surface area contributed by atoms with Crippen LogP contribution < -0.4 is 10.1 Å². The molecule has 8 heteroatoms. The van der Waals surface area contributed by atoms with Gasteiger partial charge in [-0.15, -0.1) is 0 Å². The zero-order valence-electron chi connectivity index (χ0n) is 20.4. The van der Waals surface area contributed by atoms with Gasteiger partial charge in [-0.1, -0.05) is 26.0 Å². The molecule has 0 unspecified atom stereocenters. The standard InChI is InChI=1S/C26H33NO6S/c1-6-32-18-10-8-9-17(14-18)22-21(26(30)33-11-12-34-7-2)16(4)27-19-13-15(3)20(25(29)31-5)24(28)23(19)22/h8-10,14-15,20,22,27H,6-7,11-13H2,1-5H3/t15-,20-,22+/m0/s1. The van der Waals surface area contributed by atoms with E-state index in [1.807, 2.05) is 52.0 Å². The first kappa shape index (κ1) is 25.9. The number of dihydropyridines is 1. The molecule has 3 atom stereocenters. The number of carbonyl (C=O) groups excluding carboxylic acids is 3. The van der Waals surface area contributed by atoms with Crippen LogP contribution in [0.2, 0.25) is 0 Å². The number of hydrogen-bond acceptors (Lipinski definition) is 8. The molecule has 0 radical (unpaired) electrons. The van der Waals surface area contributed by atoms with Crippen LogP contribution in [-0.2, 0) is 23.9 Å². The van der Waals surface area contributed by atoms with Gasteiger partial charge in [0, 0.05) is 28.6 Å². The smallest absolute Gasteiger partial charge is 0.336 e. The van der Waals surface area contributed by atoms with E-state index in [1.165, 1.54) is 7.11 Å². The van der Waals surface area contributed by atoms with Crippen molar-refractivity contribution in [2.75, 3.05) is 31.8 Å². The van der Waals surface area contributed by atoms with Crippen molar-refractivity contribution in [2.24, 2.45) is 11.8 Å². The van der Waals surface area contributed by atoms with E-state index < -0.39 is 23.8 Å². The summed E-state index contributed by atoms with van der Waals surface area (Å²) in [5, 5.41) is 3.28. The van der Waals surface area contributed by atoms with E-state index in [0.717, 1.165) is 17.0 Å². The molecule has 0 amide bonds. The summed E-state index contributed by atoms with van der Waals surface area (Å²) in [4.78, 5) is 39.5. The molecule has 1 aliphatic heterocycles. The molecule has 1 heterocycles. The van der Waals surface area contributed by atoms with Crippen LogP contribution in [0.3, 0.4) is 0 Å². The molecule has 0 aromatic heterocycles. The number of rotatable bonds is 9. The number of ether oxygens (including phenoxy) is 3. The molecule has 7 nitrogen and oxygen atoms in total. The molecule has 1 aliphatic carbocycles. The lowest BCUT2D eigenvalue weighted by Crippen LogP contribution is -2.43. The minimum Gasteiger partial charge on any atom is -0.494 e. The Balaban J connectivity index is 2.09. The summed E-state index contributed by atoms with van der Waals surface area (Å²) >= 11 is 1.69. The van der Waals surface area contributed by atoms with Crippen LogP contribution >= 0.6 is 11.8 Å². The second-order valence-electron chi connectivity index (χ2n) is 8.37. The van der Waals surface area contributed by atoms with Crippen molar-refractivity contribution in [3.05, 3.63) is 52.4 Å². The largest absolute Gasteiger partial charge is 0.494 e. The van der Waals surface area contributed by atoms with Crippen LogP contribution in [0.1, 0.15) is 45.6 Å². The summed E-state index contributed by atoms with van der Waals surface area (Å²) < 4.78 is 16.2. The number of carbonyl (C=O) groups is 3. The highest BCUT2D eigenvalue weighted by molar-refractivity contribution is 7.99. The van der Waals surface area contributed by atoms with Gasteiger partial charge in [-0.3, -0.25) is 9.59 Å². The lowest BCUT2D eigenvalue weighted by atomic mass is 9.69. The third-order valence-electron chi connectivity index (χ3n) is 6.13. The Morgan fingerprint density at radius 2 is 2.00 bits per heavy atom. The van der Waals surface area contributed by atoms with Gasteiger partial charge in [0.05, 0.1) is 19.3 Å². The Morgan fingerprint density at radius 3 is 2.68 bits per heavy atom. The fraction of sp³-hybridized carbons (Fsp3) is 0.500. The molecule has 0 fully saturated rings. The maximum Gasteiger partial charge on any atom is 0.336 e. The molecule has 3 rings (SSSR count). The second kappa shape index (κ2) is 11.6. The Morgan fingerprint density at radius 1 is 1.24 bits per heavy atom. The summed E-state index contributed by atoms with van der Waals surface area (Å²) in [6, 6.07) is 7.39. The quantitative estimate of drug-likeness (QED) is 0.318. The predicted molar refractivity (Wildman–Crippen MR) is 131 cm³/mol. The van der Waals surface area contributed by atoms with Crippen molar-refractivity contribution >= 4 is 29.5 Å². The van der Waals surface area contributed by atoms with Gasteiger partial charge in [-0.2, -0.15) is 11.8 Å². The highest BCUT2D eigenvalue weighted by Gasteiger charge is 2.47. The zero-order chi connectivity index (χ0) is 24.8. The van der Waals surface area contributed by atoms with Crippen LogP contribution in [0.5, 0.6) is 5.75 Å². The molecule has 34 heavy (non-hydrogen) atoms. The summed E-state index contributed by atoms with van der Waals surface area (Å²) in [6.45, 7) is 8.40. The van der Waals surface area contributed by atoms with E-state index in [9.17, 15) is 14.4 Å². The van der Waals surface area contributed by atoms with Gasteiger partial charge in [-0.05, 0) is 49.6 Å². The predicted octanol–water partition coefficient (Wildman–Crippen LogP) is 3.99. The number of ketones is 1. The molecule has 0 saturated heterocycles. The Hall–Kier alpha value is -2.74. The summed E-state index contributed by atoms with van der Waals surface area (Å²) in [5.41, 5.74) is 2.92. The topological polar surface area (TPSA) is 90.9 Å². The highest BCUT2D eigenvalue weighted by atomic mass is 32.2. The fourth-order valence-corrected chi connectivity index (χ4v) is 5.14. The van der Waals surface area contributed by atoms with Crippen molar-refractivity contribution < 1.29 is 28.6 Å². The van der Waals surface area contributed by atoms with E-state index in [0.29, 0.717) is 41.4 Å². The molecule has 1 aromatic rings. The molecule has 0 spiro atoms. The van der Waals surface area contributed by atoms with Crippen molar-refractivity contribution in [3.8, 4) is 5.75 Å². The molecule has 1 aromatic carbocycles. The number of Topliss-reactive ketones (excluding diaryl/α,β-unsaturated/α-hetero) is 1. The van der Waals surface area contributed by atoms with Gasteiger partial charge in [-0.25, -0.2) is 4.79 Å². The number of allylic oxidation sites excluding steroid dienone is 3. The van der Waals surface area contributed by atoms with Gasteiger partial charge in [0.2, 0.25) is 0 Å². The minimum absolute atomic E-state index is 0.228. The lowest BCUT2D eigenvalue weighted by Gasteiger charge is -2.38. The fourth-order valence-electron chi connectivity index (χ4n) is 4.65. The maximum atomic E-state index is 13.7. The molecular formula is C26H33NO6S. The van der Waals surface area contributed by atoms with E-state index >= 15 is 0 Å². The van der Waals surface area contributed by atoms with Crippen molar-refractivity contribution in [3.63, 3.8) is 0 Å². The molecule has 1 N–H and O–H groups in total. The minimum atomic E-state index is -0.917. The van der Waals surface area contributed by atoms with Crippen molar-refractivity contribution in [1.82, 2.24) is 5.32 Å². The summed E-state index contributed by atoms with van der Waals surface area (Å²) in [7, 11) is 1.29. The third-order valence-corrected chi connectivity index (χ3v) is 6.99. The zero-order valence-corrected chi connectivity index (χ0v) is 21.3. The monoisotopic (exact) mass is 487 g/mol. The number of hydrogen-bond donors (Lipinski definition) is 1. The van der Waals surface area contributed by atoms with E-state index in [4.69, 9.17) is 14.2 Å². The van der Waals surface area contributed by atoms with E-state index in [1.54, 1.807) is 11.8 Å². The van der Waals surface area contributed by atoms with Crippen LogP contribution in [-0.4, -0.2) is 49.6 Å². The van der Waals surface area contributed by atoms with E-state index in [-0.39, 0.29) is 18.3 Å². The van der Waals surface area contributed by atoms with Gasteiger partial charge in [0.1, 0.15) is 18.3 Å².